The predicted molar refractivity (Wildman–Crippen MR) is 94.7 cm³/mol. The summed E-state index contributed by atoms with van der Waals surface area (Å²) in [5.74, 6) is 0. The molecule has 2 nitrogen and oxygen atoms in total. The summed E-state index contributed by atoms with van der Waals surface area (Å²) in [7, 11) is -1.12. The van der Waals surface area contributed by atoms with Crippen LogP contribution in [0.15, 0.2) is 63.8 Å². The molecule has 0 N–H and O–H groups in total. The Morgan fingerprint density at radius 2 is 2.00 bits per heavy atom. The van der Waals surface area contributed by atoms with Crippen LogP contribution in [0.5, 0.6) is 0 Å². The lowest BCUT2D eigenvalue weighted by atomic mass is 10.1. The molecular weight excluding hydrogens is 310 g/mol. The molecule has 1 atom stereocenters. The number of hydrogen-bond acceptors (Lipinski definition) is 3. The first kappa shape index (κ1) is 15.0. The SMILES string of the molecule is O=S(C=CCCN=C=S)c1ccc2c(c1)Cc1ccccc1-2. The molecule has 3 rings (SSSR count). The summed E-state index contributed by atoms with van der Waals surface area (Å²) in [4.78, 5) is 4.67. The van der Waals surface area contributed by atoms with Gasteiger partial charge in [0, 0.05) is 10.3 Å². The quantitative estimate of drug-likeness (QED) is 0.396. The van der Waals surface area contributed by atoms with Crippen LogP contribution in [0.1, 0.15) is 17.5 Å². The fraction of sp³-hybridized carbons (Fsp3) is 0.167. The maximum absolute atomic E-state index is 12.3. The number of fused-ring (bicyclic) bond motifs is 3. The van der Waals surface area contributed by atoms with Crippen LogP contribution in [-0.2, 0) is 17.2 Å². The van der Waals surface area contributed by atoms with E-state index in [0.717, 1.165) is 17.7 Å². The molecule has 0 fully saturated rings. The Labute approximate surface area is 138 Å². The van der Waals surface area contributed by atoms with E-state index >= 15 is 0 Å². The fourth-order valence-corrected chi connectivity index (χ4v) is 3.69. The summed E-state index contributed by atoms with van der Waals surface area (Å²) in [5, 5.41) is 4.05. The van der Waals surface area contributed by atoms with Crippen molar-refractivity contribution in [3.63, 3.8) is 0 Å². The molecule has 0 radical (unpaired) electrons. The molecule has 1 unspecified atom stereocenters. The second kappa shape index (κ2) is 6.93. The molecule has 2 aromatic rings. The lowest BCUT2D eigenvalue weighted by Crippen LogP contribution is -1.90. The highest BCUT2D eigenvalue weighted by molar-refractivity contribution is 7.88. The van der Waals surface area contributed by atoms with Crippen molar-refractivity contribution in [2.45, 2.75) is 17.7 Å². The van der Waals surface area contributed by atoms with Crippen LogP contribution in [-0.4, -0.2) is 15.9 Å². The molecule has 0 spiro atoms. The third-order valence-corrected chi connectivity index (χ3v) is 4.98. The van der Waals surface area contributed by atoms with E-state index in [1.54, 1.807) is 5.41 Å². The summed E-state index contributed by atoms with van der Waals surface area (Å²) in [6.07, 6.45) is 3.53. The number of rotatable bonds is 5. The Kier molecular flexibility index (Phi) is 4.74. The van der Waals surface area contributed by atoms with Gasteiger partial charge in [0.2, 0.25) is 0 Å². The minimum absolute atomic E-state index is 0.594. The third-order valence-electron chi connectivity index (χ3n) is 3.69. The largest absolute Gasteiger partial charge is 0.250 e. The highest BCUT2D eigenvalue weighted by atomic mass is 32.2. The first-order valence-electron chi connectivity index (χ1n) is 7.11. The predicted octanol–water partition coefficient (Wildman–Crippen LogP) is 4.37. The molecule has 110 valence electrons. The molecule has 1 aliphatic rings. The number of isothiocyanates is 1. The van der Waals surface area contributed by atoms with Gasteiger partial charge in [-0.15, -0.1) is 0 Å². The summed E-state index contributed by atoms with van der Waals surface area (Å²) in [5.41, 5.74) is 5.15. The average molecular weight is 325 g/mol. The number of benzene rings is 2. The first-order valence-corrected chi connectivity index (χ1v) is 8.74. The van der Waals surface area contributed by atoms with Crippen molar-refractivity contribution >= 4 is 28.2 Å². The van der Waals surface area contributed by atoms with E-state index in [1.165, 1.54) is 22.3 Å². The van der Waals surface area contributed by atoms with Crippen LogP contribution >= 0.6 is 12.2 Å². The van der Waals surface area contributed by atoms with Crippen molar-refractivity contribution in [1.82, 2.24) is 0 Å². The van der Waals surface area contributed by atoms with Crippen molar-refractivity contribution in [1.29, 1.82) is 0 Å². The van der Waals surface area contributed by atoms with Crippen molar-refractivity contribution < 1.29 is 4.21 Å². The van der Waals surface area contributed by atoms with Crippen molar-refractivity contribution in [2.24, 2.45) is 4.99 Å². The standard InChI is InChI=1S/C18H15NOS2/c20-22(10-4-3-9-19-13-21)16-7-8-18-15(12-16)11-14-5-1-2-6-17(14)18/h1-2,4-8,10,12H,3,9,11H2. The Morgan fingerprint density at radius 3 is 2.86 bits per heavy atom. The van der Waals surface area contributed by atoms with E-state index in [0.29, 0.717) is 6.54 Å². The Morgan fingerprint density at radius 1 is 1.18 bits per heavy atom. The Bertz CT molecular complexity index is 804. The summed E-state index contributed by atoms with van der Waals surface area (Å²) < 4.78 is 12.3. The maximum atomic E-state index is 12.3. The molecule has 0 bridgehead atoms. The molecular formula is C18H15NOS2. The summed E-state index contributed by atoms with van der Waals surface area (Å²) in [6, 6.07) is 14.5. The van der Waals surface area contributed by atoms with Crippen LogP contribution in [0.2, 0.25) is 0 Å². The molecule has 0 aliphatic heterocycles. The number of hydrogen-bond donors (Lipinski definition) is 0. The van der Waals surface area contributed by atoms with Gasteiger partial charge in [-0.2, -0.15) is 0 Å². The van der Waals surface area contributed by atoms with Gasteiger partial charge in [0.05, 0.1) is 22.5 Å². The Balaban J connectivity index is 1.76. The molecule has 0 amide bonds. The normalized spacial score (nSPS) is 13.5. The first-order chi connectivity index (χ1) is 10.8. The highest BCUT2D eigenvalue weighted by Gasteiger charge is 2.18. The number of thiocarbonyl (C=S) groups is 1. The van der Waals surface area contributed by atoms with E-state index in [4.69, 9.17) is 0 Å². The molecule has 0 saturated carbocycles. The van der Waals surface area contributed by atoms with Gasteiger partial charge in [0.25, 0.3) is 0 Å². The van der Waals surface area contributed by atoms with Crippen LogP contribution in [0.4, 0.5) is 0 Å². The lowest BCUT2D eigenvalue weighted by Gasteiger charge is -2.03. The van der Waals surface area contributed by atoms with Crippen LogP contribution in [0, 0.1) is 0 Å². The van der Waals surface area contributed by atoms with E-state index in [-0.39, 0.29) is 0 Å². The molecule has 0 heterocycles. The summed E-state index contributed by atoms with van der Waals surface area (Å²) in [6.45, 7) is 0.594. The average Bonchev–Trinajstić information content (AvgIpc) is 2.92. The van der Waals surface area contributed by atoms with E-state index in [1.807, 2.05) is 12.1 Å². The molecule has 0 saturated heterocycles. The zero-order chi connectivity index (χ0) is 15.4. The van der Waals surface area contributed by atoms with Gasteiger partial charge in [0.15, 0.2) is 0 Å². The Hall–Kier alpha value is -1.87. The van der Waals surface area contributed by atoms with Crippen molar-refractivity contribution in [3.05, 3.63) is 65.1 Å². The van der Waals surface area contributed by atoms with Crippen LogP contribution < -0.4 is 0 Å². The van der Waals surface area contributed by atoms with E-state index in [9.17, 15) is 4.21 Å². The summed E-state index contributed by atoms with van der Waals surface area (Å²) >= 11 is 4.50. The topological polar surface area (TPSA) is 29.4 Å². The minimum Gasteiger partial charge on any atom is -0.250 e. The van der Waals surface area contributed by atoms with Gasteiger partial charge < -0.3 is 0 Å². The van der Waals surface area contributed by atoms with Gasteiger partial charge in [-0.1, -0.05) is 36.4 Å². The van der Waals surface area contributed by atoms with E-state index < -0.39 is 10.8 Å². The fourth-order valence-electron chi connectivity index (χ4n) is 2.67. The zero-order valence-electron chi connectivity index (χ0n) is 12.0. The van der Waals surface area contributed by atoms with Crippen LogP contribution in [0.3, 0.4) is 0 Å². The third kappa shape index (κ3) is 3.14. The van der Waals surface area contributed by atoms with Crippen molar-refractivity contribution in [2.75, 3.05) is 6.54 Å². The van der Waals surface area contributed by atoms with Gasteiger partial charge >= 0.3 is 0 Å². The van der Waals surface area contributed by atoms with Gasteiger partial charge in [0.1, 0.15) is 0 Å². The molecule has 22 heavy (non-hydrogen) atoms. The monoisotopic (exact) mass is 325 g/mol. The van der Waals surface area contributed by atoms with Crippen LogP contribution in [0.25, 0.3) is 11.1 Å². The number of aliphatic imine (C=N–C) groups is 1. The van der Waals surface area contributed by atoms with Crippen molar-refractivity contribution in [3.8, 4) is 11.1 Å². The second-order valence-corrected chi connectivity index (χ2v) is 6.60. The maximum Gasteiger partial charge on any atom is 0.0772 e. The van der Waals surface area contributed by atoms with Gasteiger partial charge in [-0.25, -0.2) is 9.20 Å². The lowest BCUT2D eigenvalue weighted by molar-refractivity contribution is 0.688. The second-order valence-electron chi connectivity index (χ2n) is 5.08. The molecule has 2 aromatic carbocycles. The molecule has 4 heteroatoms. The van der Waals surface area contributed by atoms with Gasteiger partial charge in [-0.05, 0) is 59.4 Å². The zero-order valence-corrected chi connectivity index (χ0v) is 13.6. The smallest absolute Gasteiger partial charge is 0.0772 e. The minimum atomic E-state index is -1.12. The molecule has 0 aromatic heterocycles. The highest BCUT2D eigenvalue weighted by Crippen LogP contribution is 2.37. The van der Waals surface area contributed by atoms with Gasteiger partial charge in [-0.3, -0.25) is 0 Å². The number of nitrogens with zero attached hydrogens (tertiary/aromatic N) is 1. The molecule has 1 aliphatic carbocycles. The van der Waals surface area contributed by atoms with E-state index in [2.05, 4.69) is 58.8 Å².